The summed E-state index contributed by atoms with van der Waals surface area (Å²) in [6.45, 7) is 0.00496. The van der Waals surface area contributed by atoms with Crippen LogP contribution in [0, 0.1) is 0 Å². The smallest absolute Gasteiger partial charge is 0.493 e. The highest BCUT2D eigenvalue weighted by atomic mass is 19.4. The van der Waals surface area contributed by atoms with E-state index in [2.05, 4.69) is 15.4 Å². The first-order valence-corrected chi connectivity index (χ1v) is 10.4. The van der Waals surface area contributed by atoms with Crippen molar-refractivity contribution in [2.45, 2.75) is 6.36 Å². The summed E-state index contributed by atoms with van der Waals surface area (Å²) in [4.78, 5) is 25.9. The molecule has 1 aliphatic heterocycles. The van der Waals surface area contributed by atoms with Crippen LogP contribution >= 0.6 is 0 Å². The number of hydrogen-bond acceptors (Lipinski definition) is 6. The lowest BCUT2D eigenvalue weighted by Gasteiger charge is -2.13. The molecule has 0 saturated heterocycles. The number of hydrogen-bond donors (Lipinski definition) is 2. The van der Waals surface area contributed by atoms with E-state index >= 15 is 0 Å². The third kappa shape index (κ3) is 6.06. The van der Waals surface area contributed by atoms with Crippen molar-refractivity contribution in [3.05, 3.63) is 83.6 Å². The van der Waals surface area contributed by atoms with Crippen LogP contribution in [0.4, 0.5) is 18.9 Å². The lowest BCUT2D eigenvalue weighted by atomic mass is 10.1. The van der Waals surface area contributed by atoms with Crippen LogP contribution in [0.5, 0.6) is 23.0 Å². The number of carbonyl (C=O) groups excluding carboxylic acids is 2. The Morgan fingerprint density at radius 2 is 1.72 bits per heavy atom. The van der Waals surface area contributed by atoms with Crippen molar-refractivity contribution in [3.63, 3.8) is 0 Å². The number of ether oxygens (including phenoxy) is 4. The summed E-state index contributed by atoms with van der Waals surface area (Å²) < 4.78 is 57.1. The minimum absolute atomic E-state index is 0.00496. The Morgan fingerprint density at radius 1 is 1.00 bits per heavy atom. The van der Waals surface area contributed by atoms with Crippen molar-refractivity contribution in [2.24, 2.45) is 0 Å². The molecule has 36 heavy (non-hydrogen) atoms. The number of nitrogens with one attached hydrogen (secondary N) is 2. The average molecular weight is 500 g/mol. The second kappa shape index (κ2) is 10.3. The van der Waals surface area contributed by atoms with E-state index in [0.29, 0.717) is 28.4 Å². The molecule has 1 heterocycles. The predicted octanol–water partition coefficient (Wildman–Crippen LogP) is 4.73. The summed E-state index contributed by atoms with van der Waals surface area (Å²) in [5, 5.41) is 5.12. The summed E-state index contributed by atoms with van der Waals surface area (Å²) in [6.07, 6.45) is -3.43. The van der Waals surface area contributed by atoms with Crippen LogP contribution < -0.4 is 29.6 Å². The first-order valence-electron chi connectivity index (χ1n) is 10.4. The van der Waals surface area contributed by atoms with Gasteiger partial charge in [0.2, 0.25) is 12.5 Å². The van der Waals surface area contributed by atoms with Crippen molar-refractivity contribution in [1.82, 2.24) is 5.32 Å². The maximum atomic E-state index is 13.1. The van der Waals surface area contributed by atoms with Crippen molar-refractivity contribution in [1.29, 1.82) is 0 Å². The minimum Gasteiger partial charge on any atom is -0.493 e. The molecule has 186 valence electrons. The monoisotopic (exact) mass is 500 g/mol. The molecule has 3 aromatic carbocycles. The molecular weight excluding hydrogens is 481 g/mol. The number of benzene rings is 3. The van der Waals surface area contributed by atoms with Crippen molar-refractivity contribution < 1.29 is 41.7 Å². The summed E-state index contributed by atoms with van der Waals surface area (Å²) >= 11 is 0. The molecule has 0 aliphatic carbocycles. The summed E-state index contributed by atoms with van der Waals surface area (Å²) in [5.41, 5.74) is 0.815. The minimum atomic E-state index is -4.84. The zero-order valence-electron chi connectivity index (χ0n) is 18.7. The summed E-state index contributed by atoms with van der Waals surface area (Å²) in [6, 6.07) is 16.0. The third-order valence-electron chi connectivity index (χ3n) is 4.87. The molecule has 0 bridgehead atoms. The first-order chi connectivity index (χ1) is 17.2. The SMILES string of the molecule is COc1cc(/C=C(/NC(=O)c2ccccc2)C(=O)Nc2ccc(OC(F)(F)F)cc2)cc2c1OCO2. The lowest BCUT2D eigenvalue weighted by molar-refractivity contribution is -0.274. The molecule has 0 aromatic heterocycles. The van der Waals surface area contributed by atoms with Crippen LogP contribution in [0.1, 0.15) is 15.9 Å². The molecule has 3 aromatic rings. The average Bonchev–Trinajstić information content (AvgIpc) is 3.32. The zero-order chi connectivity index (χ0) is 25.7. The standard InChI is InChI=1S/C25H19F3N2O6/c1-33-20-12-15(13-21-22(20)35-14-34-21)11-19(30-23(31)16-5-3-2-4-6-16)24(32)29-17-7-9-18(10-8-17)36-25(26,27)28/h2-13H,14H2,1H3,(H,29,32)(H,30,31)/b19-11+. The molecule has 4 rings (SSSR count). The number of methoxy groups -OCH3 is 1. The highest BCUT2D eigenvalue weighted by Crippen LogP contribution is 2.42. The maximum absolute atomic E-state index is 13.1. The number of halogens is 3. The van der Waals surface area contributed by atoms with Gasteiger partial charge in [-0.2, -0.15) is 0 Å². The van der Waals surface area contributed by atoms with Crippen LogP contribution in [-0.2, 0) is 4.79 Å². The molecule has 0 fully saturated rings. The van der Waals surface area contributed by atoms with Gasteiger partial charge < -0.3 is 29.6 Å². The Morgan fingerprint density at radius 3 is 2.39 bits per heavy atom. The fraction of sp³-hybridized carbons (Fsp3) is 0.120. The van der Waals surface area contributed by atoms with E-state index in [0.717, 1.165) is 12.1 Å². The molecular formula is C25H19F3N2O6. The van der Waals surface area contributed by atoms with Gasteiger partial charge in [-0.15, -0.1) is 13.2 Å². The Bertz CT molecular complexity index is 1290. The lowest BCUT2D eigenvalue weighted by Crippen LogP contribution is -2.30. The Hall–Kier alpha value is -4.67. The Labute approximate surface area is 203 Å². The molecule has 0 spiro atoms. The van der Waals surface area contributed by atoms with E-state index < -0.39 is 23.9 Å². The molecule has 11 heteroatoms. The van der Waals surface area contributed by atoms with Gasteiger partial charge in [-0.05, 0) is 60.2 Å². The second-order valence-corrected chi connectivity index (χ2v) is 7.36. The van der Waals surface area contributed by atoms with Crippen LogP contribution in [0.2, 0.25) is 0 Å². The van der Waals surface area contributed by atoms with Gasteiger partial charge in [0.05, 0.1) is 7.11 Å². The number of fused-ring (bicyclic) bond motifs is 1. The van der Waals surface area contributed by atoms with E-state index in [4.69, 9.17) is 14.2 Å². The van der Waals surface area contributed by atoms with Crippen LogP contribution in [0.25, 0.3) is 6.08 Å². The molecule has 8 nitrogen and oxygen atoms in total. The predicted molar refractivity (Wildman–Crippen MR) is 123 cm³/mol. The number of carbonyl (C=O) groups is 2. The number of rotatable bonds is 7. The maximum Gasteiger partial charge on any atom is 0.573 e. The van der Waals surface area contributed by atoms with Crippen LogP contribution in [-0.4, -0.2) is 32.1 Å². The van der Waals surface area contributed by atoms with Gasteiger partial charge in [-0.3, -0.25) is 9.59 Å². The second-order valence-electron chi connectivity index (χ2n) is 7.36. The fourth-order valence-electron chi connectivity index (χ4n) is 3.28. The molecule has 1 aliphatic rings. The largest absolute Gasteiger partial charge is 0.573 e. The number of amides is 2. The molecule has 2 N–H and O–H groups in total. The third-order valence-corrected chi connectivity index (χ3v) is 4.87. The van der Waals surface area contributed by atoms with Gasteiger partial charge in [0, 0.05) is 11.3 Å². The van der Waals surface area contributed by atoms with Gasteiger partial charge in [0.15, 0.2) is 11.5 Å². The van der Waals surface area contributed by atoms with Crippen LogP contribution in [0.15, 0.2) is 72.4 Å². The summed E-state index contributed by atoms with van der Waals surface area (Å²) in [7, 11) is 1.45. The highest BCUT2D eigenvalue weighted by Gasteiger charge is 2.31. The van der Waals surface area contributed by atoms with Crippen molar-refractivity contribution >= 4 is 23.6 Å². The van der Waals surface area contributed by atoms with E-state index in [1.807, 2.05) is 0 Å². The molecule has 2 amide bonds. The molecule has 0 unspecified atom stereocenters. The van der Waals surface area contributed by atoms with E-state index in [-0.39, 0.29) is 18.2 Å². The Kier molecular flexibility index (Phi) is 7.00. The van der Waals surface area contributed by atoms with Gasteiger partial charge >= 0.3 is 6.36 Å². The quantitative estimate of drug-likeness (QED) is 0.456. The van der Waals surface area contributed by atoms with Gasteiger partial charge in [0.25, 0.3) is 11.8 Å². The summed E-state index contributed by atoms with van der Waals surface area (Å²) in [5.74, 6) is -0.532. The van der Waals surface area contributed by atoms with Gasteiger partial charge in [0.1, 0.15) is 11.4 Å². The number of anilines is 1. The van der Waals surface area contributed by atoms with E-state index in [1.54, 1.807) is 42.5 Å². The van der Waals surface area contributed by atoms with Crippen LogP contribution in [0.3, 0.4) is 0 Å². The van der Waals surface area contributed by atoms with Gasteiger partial charge in [-0.1, -0.05) is 18.2 Å². The van der Waals surface area contributed by atoms with E-state index in [1.165, 1.54) is 25.3 Å². The zero-order valence-corrected chi connectivity index (χ0v) is 18.7. The first kappa shape index (κ1) is 24.5. The van der Waals surface area contributed by atoms with Crippen molar-refractivity contribution in [2.75, 3.05) is 19.2 Å². The highest BCUT2D eigenvalue weighted by molar-refractivity contribution is 6.10. The Balaban J connectivity index is 1.62. The molecule has 0 radical (unpaired) electrons. The van der Waals surface area contributed by atoms with Gasteiger partial charge in [-0.25, -0.2) is 0 Å². The van der Waals surface area contributed by atoms with Crippen molar-refractivity contribution in [3.8, 4) is 23.0 Å². The normalized spacial score (nSPS) is 12.6. The molecule has 0 saturated carbocycles. The number of alkyl halides is 3. The molecule has 0 atom stereocenters. The van der Waals surface area contributed by atoms with E-state index in [9.17, 15) is 22.8 Å². The topological polar surface area (TPSA) is 95.1 Å². The fourth-order valence-corrected chi connectivity index (χ4v) is 3.28.